The van der Waals surface area contributed by atoms with Crippen LogP contribution >= 0.6 is 0 Å². The minimum atomic E-state index is -0.520. The molecule has 2 saturated heterocycles. The van der Waals surface area contributed by atoms with Crippen LogP contribution in [-0.4, -0.2) is 63.5 Å². The van der Waals surface area contributed by atoms with Gasteiger partial charge in [-0.2, -0.15) is 5.26 Å². The Kier molecular flexibility index (Phi) is 8.09. The van der Waals surface area contributed by atoms with Gasteiger partial charge in [-0.3, -0.25) is 4.79 Å². The molecule has 5 rings (SSSR count). The van der Waals surface area contributed by atoms with Crippen molar-refractivity contribution in [3.63, 3.8) is 0 Å². The predicted octanol–water partition coefficient (Wildman–Crippen LogP) is 5.98. The number of likely N-dealkylation sites (tertiary alicyclic amines) is 2. The summed E-state index contributed by atoms with van der Waals surface area (Å²) in [5, 5.41) is 9.04. The van der Waals surface area contributed by atoms with Gasteiger partial charge in [-0.1, -0.05) is 24.1 Å². The number of H-pyrrole nitrogens is 1. The highest BCUT2D eigenvalue weighted by Crippen LogP contribution is 2.34. The van der Waals surface area contributed by atoms with Gasteiger partial charge in [0.05, 0.1) is 11.6 Å². The number of carbonyl (C=O) groups is 2. The highest BCUT2D eigenvalue weighted by atomic mass is 16.6. The topological polar surface area (TPSA) is 102 Å². The lowest BCUT2D eigenvalue weighted by molar-refractivity contribution is 0.0203. The molecule has 42 heavy (non-hydrogen) atoms. The largest absolute Gasteiger partial charge is 0.444 e. The first-order chi connectivity index (χ1) is 20.1. The molecule has 0 spiro atoms. The molecule has 1 N–H and O–H groups in total. The van der Waals surface area contributed by atoms with Crippen LogP contribution in [0.5, 0.6) is 0 Å². The molecule has 3 heterocycles. The number of nitriles is 1. The molecule has 8 heteroatoms. The van der Waals surface area contributed by atoms with Gasteiger partial charge in [-0.25, -0.2) is 9.78 Å². The zero-order chi connectivity index (χ0) is 30.0. The molecule has 0 bridgehead atoms. The van der Waals surface area contributed by atoms with E-state index in [1.807, 2.05) is 75.1 Å². The molecule has 0 saturated carbocycles. The number of amides is 2. The fourth-order valence-corrected chi connectivity index (χ4v) is 5.54. The lowest BCUT2D eigenvalue weighted by Gasteiger charge is -2.39. The highest BCUT2D eigenvalue weighted by molar-refractivity contribution is 5.96. The van der Waals surface area contributed by atoms with Gasteiger partial charge in [-0.05, 0) is 88.8 Å². The van der Waals surface area contributed by atoms with Crippen molar-refractivity contribution in [3.05, 3.63) is 76.2 Å². The van der Waals surface area contributed by atoms with E-state index in [4.69, 9.17) is 15.0 Å². The number of carbonyl (C=O) groups excluding carboxylic acids is 2. The van der Waals surface area contributed by atoms with Crippen LogP contribution in [0.15, 0.2) is 42.5 Å². The van der Waals surface area contributed by atoms with E-state index < -0.39 is 5.60 Å². The third-order valence-electron chi connectivity index (χ3n) is 7.93. The van der Waals surface area contributed by atoms with Crippen molar-refractivity contribution >= 4 is 12.0 Å². The minimum absolute atomic E-state index is 0.00505. The second-order valence-corrected chi connectivity index (χ2v) is 12.1. The standard InChI is InChI=1S/C34H37N5O3/c1-6-7-29-30(37-31(36-29)25-14-16-38(17-15-25)33(41)42-34(3,4)5)28-18-26(11-8-22(28)2)32(40)39-20-27(21-39)24-12-9-23(19-35)10-13-24/h8-13,18,25,27H,14-17,20-21H2,1-5H3,(H,36,37). The van der Waals surface area contributed by atoms with Crippen LogP contribution in [0.3, 0.4) is 0 Å². The van der Waals surface area contributed by atoms with Crippen LogP contribution in [-0.2, 0) is 4.74 Å². The Balaban J connectivity index is 1.31. The molecule has 2 amide bonds. The fourth-order valence-electron chi connectivity index (χ4n) is 5.54. The van der Waals surface area contributed by atoms with Crippen molar-refractivity contribution in [1.82, 2.24) is 19.8 Å². The maximum Gasteiger partial charge on any atom is 0.410 e. The molecule has 2 aliphatic heterocycles. The number of nitrogens with one attached hydrogen (secondary N) is 1. The highest BCUT2D eigenvalue weighted by Gasteiger charge is 2.33. The molecule has 8 nitrogen and oxygen atoms in total. The molecule has 0 aliphatic carbocycles. The van der Waals surface area contributed by atoms with E-state index >= 15 is 0 Å². The Morgan fingerprint density at radius 3 is 2.33 bits per heavy atom. The summed E-state index contributed by atoms with van der Waals surface area (Å²) in [7, 11) is 0. The fraction of sp³-hybridized carbons (Fsp3) is 0.412. The van der Waals surface area contributed by atoms with E-state index in [1.165, 1.54) is 0 Å². The van der Waals surface area contributed by atoms with Gasteiger partial charge in [-0.15, -0.1) is 0 Å². The van der Waals surface area contributed by atoms with E-state index in [-0.39, 0.29) is 23.8 Å². The summed E-state index contributed by atoms with van der Waals surface area (Å²) < 4.78 is 5.54. The number of imidazole rings is 1. The molecule has 1 aromatic heterocycles. The first-order valence-electron chi connectivity index (χ1n) is 14.5. The average Bonchev–Trinajstić information content (AvgIpc) is 3.36. The summed E-state index contributed by atoms with van der Waals surface area (Å²) in [6, 6.07) is 15.5. The summed E-state index contributed by atoms with van der Waals surface area (Å²) in [4.78, 5) is 38.0. The number of hydrogen-bond acceptors (Lipinski definition) is 5. The number of hydrogen-bond donors (Lipinski definition) is 1. The number of benzene rings is 2. The zero-order valence-corrected chi connectivity index (χ0v) is 25.0. The average molecular weight is 564 g/mol. The van der Waals surface area contributed by atoms with E-state index in [0.717, 1.165) is 46.7 Å². The lowest BCUT2D eigenvalue weighted by atomic mass is 9.90. The lowest BCUT2D eigenvalue weighted by Crippen LogP contribution is -2.48. The van der Waals surface area contributed by atoms with E-state index in [0.29, 0.717) is 37.3 Å². The van der Waals surface area contributed by atoms with Crippen molar-refractivity contribution in [2.45, 2.75) is 64.9 Å². The molecular formula is C34H37N5O3. The summed E-state index contributed by atoms with van der Waals surface area (Å²) in [5.41, 5.74) is 5.27. The molecular weight excluding hydrogens is 526 g/mol. The van der Waals surface area contributed by atoms with E-state index in [9.17, 15) is 9.59 Å². The second kappa shape index (κ2) is 11.7. The molecule has 2 aliphatic rings. The van der Waals surface area contributed by atoms with Gasteiger partial charge in [0.2, 0.25) is 0 Å². The maximum absolute atomic E-state index is 13.4. The van der Waals surface area contributed by atoms with E-state index in [2.05, 4.69) is 22.9 Å². The Morgan fingerprint density at radius 1 is 1.02 bits per heavy atom. The van der Waals surface area contributed by atoms with Crippen molar-refractivity contribution in [2.75, 3.05) is 26.2 Å². The predicted molar refractivity (Wildman–Crippen MR) is 161 cm³/mol. The summed E-state index contributed by atoms with van der Waals surface area (Å²) in [5.74, 6) is 7.45. The summed E-state index contributed by atoms with van der Waals surface area (Å²) in [6.07, 6.45) is 1.28. The minimum Gasteiger partial charge on any atom is -0.444 e. The Labute approximate surface area is 247 Å². The molecule has 0 atom stereocenters. The number of aromatic amines is 1. The van der Waals surface area contributed by atoms with Crippen molar-refractivity contribution in [3.8, 4) is 29.2 Å². The van der Waals surface area contributed by atoms with Gasteiger partial charge in [0.1, 0.15) is 22.8 Å². The Morgan fingerprint density at radius 2 is 1.71 bits per heavy atom. The zero-order valence-electron chi connectivity index (χ0n) is 25.0. The molecule has 2 aromatic carbocycles. The number of ether oxygens (including phenoxy) is 1. The second-order valence-electron chi connectivity index (χ2n) is 12.1. The summed E-state index contributed by atoms with van der Waals surface area (Å²) >= 11 is 0. The van der Waals surface area contributed by atoms with Gasteiger partial charge in [0.15, 0.2) is 0 Å². The number of piperidine rings is 1. The molecule has 2 fully saturated rings. The van der Waals surface area contributed by atoms with Gasteiger partial charge >= 0.3 is 6.09 Å². The third kappa shape index (κ3) is 6.19. The first kappa shape index (κ1) is 29.0. The monoisotopic (exact) mass is 563 g/mol. The van der Waals surface area contributed by atoms with Crippen LogP contribution < -0.4 is 0 Å². The van der Waals surface area contributed by atoms with Crippen LogP contribution in [0, 0.1) is 30.1 Å². The Hall–Kier alpha value is -4.56. The molecule has 0 radical (unpaired) electrons. The quantitative estimate of drug-likeness (QED) is 0.393. The number of nitrogens with zero attached hydrogens (tertiary/aromatic N) is 4. The van der Waals surface area contributed by atoms with Gasteiger partial charge in [0.25, 0.3) is 5.91 Å². The Bertz CT molecular complexity index is 1580. The molecule has 0 unspecified atom stereocenters. The number of rotatable bonds is 4. The van der Waals surface area contributed by atoms with Crippen LogP contribution in [0.2, 0.25) is 0 Å². The first-order valence-corrected chi connectivity index (χ1v) is 14.5. The SMILES string of the molecule is CC#Cc1[nH]c(C2CCN(C(=O)OC(C)(C)C)CC2)nc1-c1cc(C(=O)N2CC(c3ccc(C#N)cc3)C2)ccc1C. The molecule has 216 valence electrons. The van der Waals surface area contributed by atoms with Crippen LogP contribution in [0.25, 0.3) is 11.3 Å². The van der Waals surface area contributed by atoms with E-state index in [1.54, 1.807) is 11.8 Å². The van der Waals surface area contributed by atoms with Crippen LogP contribution in [0.4, 0.5) is 4.79 Å². The van der Waals surface area contributed by atoms with Crippen molar-refractivity contribution in [1.29, 1.82) is 5.26 Å². The number of aryl methyl sites for hydroxylation is 1. The maximum atomic E-state index is 13.4. The van der Waals surface area contributed by atoms with Crippen molar-refractivity contribution in [2.24, 2.45) is 0 Å². The van der Waals surface area contributed by atoms with Crippen LogP contribution in [0.1, 0.15) is 90.9 Å². The summed E-state index contributed by atoms with van der Waals surface area (Å²) in [6.45, 7) is 11.9. The number of aromatic nitrogens is 2. The van der Waals surface area contributed by atoms with Gasteiger partial charge in [0, 0.05) is 49.1 Å². The third-order valence-corrected chi connectivity index (χ3v) is 7.93. The normalized spacial score (nSPS) is 15.8. The molecule has 3 aromatic rings. The smallest absolute Gasteiger partial charge is 0.410 e. The van der Waals surface area contributed by atoms with Crippen molar-refractivity contribution < 1.29 is 14.3 Å². The van der Waals surface area contributed by atoms with Gasteiger partial charge < -0.3 is 19.5 Å².